The number of likely N-dealkylation sites (tertiary alicyclic amines) is 1. The third-order valence-electron chi connectivity index (χ3n) is 5.31. The van der Waals surface area contributed by atoms with Crippen molar-refractivity contribution in [2.75, 3.05) is 12.3 Å². The molecule has 1 saturated heterocycles. The molecule has 6 heteroatoms. The van der Waals surface area contributed by atoms with E-state index in [1.54, 1.807) is 12.3 Å². The van der Waals surface area contributed by atoms with Crippen LogP contribution in [0.3, 0.4) is 0 Å². The minimum absolute atomic E-state index is 0.0934. The molecule has 2 aromatic heterocycles. The maximum Gasteiger partial charge on any atom is 0.254 e. The van der Waals surface area contributed by atoms with Crippen LogP contribution in [0.25, 0.3) is 11.3 Å². The van der Waals surface area contributed by atoms with Gasteiger partial charge in [0, 0.05) is 42.7 Å². The van der Waals surface area contributed by atoms with Crippen LogP contribution in [0, 0.1) is 0 Å². The van der Waals surface area contributed by atoms with Gasteiger partial charge in [0.05, 0.1) is 5.69 Å². The number of aryl methyl sites for hydroxylation is 1. The van der Waals surface area contributed by atoms with E-state index in [1.807, 2.05) is 58.2 Å². The number of amides is 1. The van der Waals surface area contributed by atoms with Crippen LogP contribution in [0.2, 0.25) is 0 Å². The zero-order valence-electron chi connectivity index (χ0n) is 15.9. The molecule has 1 aliphatic heterocycles. The van der Waals surface area contributed by atoms with Crippen LogP contribution < -0.4 is 5.73 Å². The molecule has 28 heavy (non-hydrogen) atoms. The van der Waals surface area contributed by atoms with Gasteiger partial charge in [-0.05, 0) is 56.0 Å². The van der Waals surface area contributed by atoms with E-state index in [4.69, 9.17) is 5.73 Å². The molecule has 1 amide bonds. The van der Waals surface area contributed by atoms with Gasteiger partial charge in [0.25, 0.3) is 5.91 Å². The Morgan fingerprint density at radius 2 is 2.04 bits per heavy atom. The molecule has 1 aromatic carbocycles. The number of carbonyl (C=O) groups excluding carboxylic acids is 1. The van der Waals surface area contributed by atoms with Crippen molar-refractivity contribution >= 4 is 11.7 Å². The van der Waals surface area contributed by atoms with Gasteiger partial charge in [0.2, 0.25) is 0 Å². The summed E-state index contributed by atoms with van der Waals surface area (Å²) in [6, 6.07) is 15.4. The molecule has 4 rings (SSSR count). The average molecular weight is 375 g/mol. The van der Waals surface area contributed by atoms with E-state index in [1.165, 1.54) is 6.42 Å². The Labute approximate surface area is 165 Å². The quantitative estimate of drug-likeness (QED) is 0.739. The number of rotatable bonds is 5. The van der Waals surface area contributed by atoms with Crippen LogP contribution in [0.1, 0.15) is 36.0 Å². The van der Waals surface area contributed by atoms with E-state index in [9.17, 15) is 4.79 Å². The summed E-state index contributed by atoms with van der Waals surface area (Å²) in [6.07, 6.45) is 7.95. The first-order valence-electron chi connectivity index (χ1n) is 9.82. The van der Waals surface area contributed by atoms with Crippen molar-refractivity contribution in [3.8, 4) is 11.3 Å². The summed E-state index contributed by atoms with van der Waals surface area (Å²) in [5.74, 6) is 0.569. The third-order valence-corrected chi connectivity index (χ3v) is 5.31. The Bertz CT molecular complexity index is 938. The summed E-state index contributed by atoms with van der Waals surface area (Å²) in [7, 11) is 0. The predicted octanol–water partition coefficient (Wildman–Crippen LogP) is 3.61. The third kappa shape index (κ3) is 4.06. The number of nitrogens with two attached hydrogens (primary N) is 1. The number of hydrogen-bond donors (Lipinski definition) is 1. The van der Waals surface area contributed by atoms with Gasteiger partial charge in [-0.1, -0.05) is 18.2 Å². The lowest BCUT2D eigenvalue weighted by Gasteiger charge is -2.36. The normalized spacial score (nSPS) is 16.9. The second-order valence-corrected chi connectivity index (χ2v) is 7.23. The molecule has 144 valence electrons. The molecule has 0 bridgehead atoms. The molecule has 1 unspecified atom stereocenters. The van der Waals surface area contributed by atoms with E-state index in [0.717, 1.165) is 43.6 Å². The molecular formula is C22H25N5O. The molecule has 0 spiro atoms. The van der Waals surface area contributed by atoms with Crippen LogP contribution in [0.15, 0.2) is 60.9 Å². The van der Waals surface area contributed by atoms with E-state index >= 15 is 0 Å². The molecular weight excluding hydrogens is 350 g/mol. The predicted molar refractivity (Wildman–Crippen MR) is 110 cm³/mol. The number of nitrogen functional groups attached to an aromatic ring is 1. The van der Waals surface area contributed by atoms with Crippen LogP contribution in [0.4, 0.5) is 5.82 Å². The molecule has 0 radical (unpaired) electrons. The summed E-state index contributed by atoms with van der Waals surface area (Å²) < 4.78 is 1.93. The van der Waals surface area contributed by atoms with Crippen molar-refractivity contribution in [1.29, 1.82) is 0 Å². The fourth-order valence-corrected chi connectivity index (χ4v) is 3.87. The highest BCUT2D eigenvalue weighted by Crippen LogP contribution is 2.25. The van der Waals surface area contributed by atoms with E-state index in [2.05, 4.69) is 10.1 Å². The van der Waals surface area contributed by atoms with Crippen molar-refractivity contribution < 1.29 is 4.79 Å². The average Bonchev–Trinajstić information content (AvgIpc) is 3.26. The van der Waals surface area contributed by atoms with Crippen molar-refractivity contribution in [3.05, 3.63) is 66.5 Å². The van der Waals surface area contributed by atoms with E-state index < -0.39 is 0 Å². The lowest BCUT2D eigenvalue weighted by molar-refractivity contribution is 0.0594. The Hall–Kier alpha value is -3.15. The van der Waals surface area contributed by atoms with Crippen LogP contribution in [0.5, 0.6) is 0 Å². The van der Waals surface area contributed by atoms with Crippen LogP contribution in [-0.2, 0) is 6.54 Å². The Balaban J connectivity index is 1.52. The summed E-state index contributed by atoms with van der Waals surface area (Å²) in [5.41, 5.74) is 8.20. The SMILES string of the molecule is Nc1cccc(-c2cccc(C(=O)N3CCCCC3CCn3cccn3)c2)n1. The number of hydrogen-bond acceptors (Lipinski definition) is 4. The van der Waals surface area contributed by atoms with Crippen molar-refractivity contribution in [1.82, 2.24) is 19.7 Å². The van der Waals surface area contributed by atoms with Crippen molar-refractivity contribution in [2.24, 2.45) is 0 Å². The molecule has 3 aromatic rings. The van der Waals surface area contributed by atoms with Gasteiger partial charge in [-0.3, -0.25) is 9.48 Å². The first-order valence-corrected chi connectivity index (χ1v) is 9.82. The fraction of sp³-hybridized carbons (Fsp3) is 0.318. The van der Waals surface area contributed by atoms with Gasteiger partial charge in [-0.2, -0.15) is 5.10 Å². The highest BCUT2D eigenvalue weighted by Gasteiger charge is 2.27. The van der Waals surface area contributed by atoms with E-state index in [-0.39, 0.29) is 11.9 Å². The summed E-state index contributed by atoms with van der Waals surface area (Å²) in [4.78, 5) is 19.7. The molecule has 0 aliphatic carbocycles. The minimum atomic E-state index is 0.0934. The molecule has 0 saturated carbocycles. The highest BCUT2D eigenvalue weighted by atomic mass is 16.2. The van der Waals surface area contributed by atoms with Gasteiger partial charge in [0.1, 0.15) is 5.82 Å². The first-order chi connectivity index (χ1) is 13.7. The van der Waals surface area contributed by atoms with Crippen molar-refractivity contribution in [3.63, 3.8) is 0 Å². The topological polar surface area (TPSA) is 77.0 Å². The summed E-state index contributed by atoms with van der Waals surface area (Å²) in [5, 5.41) is 4.28. The fourth-order valence-electron chi connectivity index (χ4n) is 3.87. The number of aromatic nitrogens is 3. The molecule has 6 nitrogen and oxygen atoms in total. The molecule has 3 heterocycles. The largest absolute Gasteiger partial charge is 0.384 e. The van der Waals surface area contributed by atoms with Crippen molar-refractivity contribution in [2.45, 2.75) is 38.3 Å². The number of carbonyl (C=O) groups is 1. The smallest absolute Gasteiger partial charge is 0.254 e. The standard InChI is InChI=1S/C22H25N5O/c23-21-10-4-9-20(25-21)17-6-3-7-18(16-17)22(28)27-14-2-1-8-19(27)11-15-26-13-5-12-24-26/h3-7,9-10,12-13,16,19H,1-2,8,11,14-15H2,(H2,23,25). The molecule has 1 atom stereocenters. The highest BCUT2D eigenvalue weighted by molar-refractivity contribution is 5.95. The number of pyridine rings is 1. The second kappa shape index (κ2) is 8.25. The zero-order chi connectivity index (χ0) is 19.3. The van der Waals surface area contributed by atoms with Gasteiger partial charge >= 0.3 is 0 Å². The van der Waals surface area contributed by atoms with Gasteiger partial charge in [0.15, 0.2) is 0 Å². The molecule has 1 aliphatic rings. The van der Waals surface area contributed by atoms with Gasteiger partial charge in [-0.25, -0.2) is 4.98 Å². The van der Waals surface area contributed by atoms with Gasteiger partial charge in [-0.15, -0.1) is 0 Å². The first kappa shape index (κ1) is 18.2. The number of piperidine rings is 1. The number of nitrogens with zero attached hydrogens (tertiary/aromatic N) is 4. The van der Waals surface area contributed by atoms with Crippen LogP contribution >= 0.6 is 0 Å². The lowest BCUT2D eigenvalue weighted by atomic mass is 9.97. The Kier molecular flexibility index (Phi) is 5.37. The summed E-state index contributed by atoms with van der Waals surface area (Å²) in [6.45, 7) is 1.64. The monoisotopic (exact) mass is 375 g/mol. The number of benzene rings is 1. The maximum absolute atomic E-state index is 13.3. The number of anilines is 1. The lowest BCUT2D eigenvalue weighted by Crippen LogP contribution is -2.44. The second-order valence-electron chi connectivity index (χ2n) is 7.23. The Morgan fingerprint density at radius 3 is 2.86 bits per heavy atom. The zero-order valence-corrected chi connectivity index (χ0v) is 15.9. The van der Waals surface area contributed by atoms with E-state index in [0.29, 0.717) is 11.4 Å². The van der Waals surface area contributed by atoms with Crippen LogP contribution in [-0.4, -0.2) is 38.2 Å². The summed E-state index contributed by atoms with van der Waals surface area (Å²) >= 11 is 0. The van der Waals surface area contributed by atoms with Gasteiger partial charge < -0.3 is 10.6 Å². The molecule has 1 fully saturated rings. The minimum Gasteiger partial charge on any atom is -0.384 e. The maximum atomic E-state index is 13.3. The Morgan fingerprint density at radius 1 is 1.14 bits per heavy atom. The molecule has 2 N–H and O–H groups in total.